The molecule has 8 nitrogen and oxygen atoms in total. The van der Waals surface area contributed by atoms with Crippen molar-refractivity contribution >= 4 is 10.9 Å². The van der Waals surface area contributed by atoms with Crippen molar-refractivity contribution in [1.82, 2.24) is 34.5 Å². The highest BCUT2D eigenvalue weighted by Crippen LogP contribution is 2.34. The summed E-state index contributed by atoms with van der Waals surface area (Å²) in [5, 5.41) is 20.0. The predicted octanol–water partition coefficient (Wildman–Crippen LogP) is 4.82. The van der Waals surface area contributed by atoms with E-state index in [9.17, 15) is 5.26 Å². The first-order chi connectivity index (χ1) is 17.6. The highest BCUT2D eigenvalue weighted by atomic mass is 15.3. The number of hydrogen-bond acceptors (Lipinski definition) is 6. The summed E-state index contributed by atoms with van der Waals surface area (Å²) in [4.78, 5) is 13.4. The SMILES string of the molecule is CCc1c(-c2ccc(C#N)cc2)nn(CC2CC2)c1Cc1cc(-n2nc(C)c3ccncc32)ncn1. The third-order valence-corrected chi connectivity index (χ3v) is 6.88. The second-order valence-corrected chi connectivity index (χ2v) is 9.38. The lowest BCUT2D eigenvalue weighted by Crippen LogP contribution is -2.10. The molecule has 1 aliphatic carbocycles. The van der Waals surface area contributed by atoms with Gasteiger partial charge in [-0.05, 0) is 50.3 Å². The van der Waals surface area contributed by atoms with Crippen LogP contribution in [0.25, 0.3) is 28.0 Å². The van der Waals surface area contributed by atoms with Crippen molar-refractivity contribution < 1.29 is 0 Å². The molecule has 178 valence electrons. The Balaban J connectivity index is 1.40. The van der Waals surface area contributed by atoms with Crippen LogP contribution in [0.3, 0.4) is 0 Å². The first kappa shape index (κ1) is 22.1. The van der Waals surface area contributed by atoms with E-state index < -0.39 is 0 Å². The van der Waals surface area contributed by atoms with E-state index in [0.29, 0.717) is 17.9 Å². The van der Waals surface area contributed by atoms with Crippen LogP contribution in [0.5, 0.6) is 0 Å². The number of fused-ring (bicyclic) bond motifs is 1. The Labute approximate surface area is 209 Å². The first-order valence-corrected chi connectivity index (χ1v) is 12.3. The Morgan fingerprint density at radius 3 is 2.67 bits per heavy atom. The molecule has 1 aliphatic rings. The fraction of sp³-hybridized carbons (Fsp3) is 0.286. The summed E-state index contributed by atoms with van der Waals surface area (Å²) < 4.78 is 4.02. The summed E-state index contributed by atoms with van der Waals surface area (Å²) in [5.74, 6) is 1.42. The van der Waals surface area contributed by atoms with Crippen molar-refractivity contribution in [3.8, 4) is 23.1 Å². The van der Waals surface area contributed by atoms with Gasteiger partial charge in [0.1, 0.15) is 6.33 Å². The molecule has 8 heteroatoms. The first-order valence-electron chi connectivity index (χ1n) is 12.3. The lowest BCUT2D eigenvalue weighted by molar-refractivity contribution is 0.543. The van der Waals surface area contributed by atoms with Gasteiger partial charge in [0, 0.05) is 47.4 Å². The lowest BCUT2D eigenvalue weighted by atomic mass is 10.0. The van der Waals surface area contributed by atoms with Crippen molar-refractivity contribution in [2.45, 2.75) is 46.1 Å². The van der Waals surface area contributed by atoms with Crippen LogP contribution in [0.1, 0.15) is 48.0 Å². The van der Waals surface area contributed by atoms with Crippen molar-refractivity contribution in [2.24, 2.45) is 5.92 Å². The van der Waals surface area contributed by atoms with E-state index >= 15 is 0 Å². The molecule has 0 saturated heterocycles. The summed E-state index contributed by atoms with van der Waals surface area (Å²) in [6.07, 6.45) is 9.24. The molecule has 0 atom stereocenters. The van der Waals surface area contributed by atoms with Crippen molar-refractivity contribution in [3.05, 3.63) is 83.3 Å². The van der Waals surface area contributed by atoms with E-state index in [4.69, 9.17) is 10.2 Å². The van der Waals surface area contributed by atoms with Crippen LogP contribution < -0.4 is 0 Å². The van der Waals surface area contributed by atoms with Gasteiger partial charge in [-0.3, -0.25) is 9.67 Å². The highest BCUT2D eigenvalue weighted by molar-refractivity contribution is 5.82. The Bertz CT molecular complexity index is 1600. The summed E-state index contributed by atoms with van der Waals surface area (Å²) in [6, 6.07) is 13.9. The second-order valence-electron chi connectivity index (χ2n) is 9.38. The van der Waals surface area contributed by atoms with E-state index in [0.717, 1.165) is 52.3 Å². The van der Waals surface area contributed by atoms with Gasteiger partial charge < -0.3 is 0 Å². The van der Waals surface area contributed by atoms with Crippen molar-refractivity contribution in [2.75, 3.05) is 0 Å². The number of benzene rings is 1. The van der Waals surface area contributed by atoms with Gasteiger partial charge in [-0.2, -0.15) is 15.5 Å². The van der Waals surface area contributed by atoms with Crippen LogP contribution in [0, 0.1) is 24.2 Å². The largest absolute Gasteiger partial charge is 0.268 e. The predicted molar refractivity (Wildman–Crippen MR) is 136 cm³/mol. The zero-order valence-electron chi connectivity index (χ0n) is 20.4. The number of hydrogen-bond donors (Lipinski definition) is 0. The molecule has 0 N–H and O–H groups in total. The van der Waals surface area contributed by atoms with E-state index in [1.54, 1.807) is 12.5 Å². The molecule has 0 unspecified atom stereocenters. The number of aromatic nitrogens is 7. The molecule has 6 rings (SSSR count). The zero-order valence-corrected chi connectivity index (χ0v) is 20.4. The van der Waals surface area contributed by atoms with Gasteiger partial charge in [0.2, 0.25) is 0 Å². The number of pyridine rings is 1. The highest BCUT2D eigenvalue weighted by Gasteiger charge is 2.26. The number of nitriles is 1. The molecule has 5 aromatic rings. The molecule has 36 heavy (non-hydrogen) atoms. The maximum absolute atomic E-state index is 9.19. The molecule has 0 aliphatic heterocycles. The molecule has 1 fully saturated rings. The number of rotatable bonds is 7. The average molecular weight is 475 g/mol. The summed E-state index contributed by atoms with van der Waals surface area (Å²) >= 11 is 0. The maximum Gasteiger partial charge on any atom is 0.157 e. The monoisotopic (exact) mass is 474 g/mol. The quantitative estimate of drug-likeness (QED) is 0.335. The summed E-state index contributed by atoms with van der Waals surface area (Å²) in [5.41, 5.74) is 7.89. The molecule has 4 aromatic heterocycles. The van der Waals surface area contributed by atoms with Crippen LogP contribution in [0.15, 0.2) is 55.1 Å². The molecule has 4 heterocycles. The van der Waals surface area contributed by atoms with E-state index in [1.165, 1.54) is 24.1 Å². The van der Waals surface area contributed by atoms with Crippen molar-refractivity contribution in [3.63, 3.8) is 0 Å². The Morgan fingerprint density at radius 2 is 1.92 bits per heavy atom. The molecule has 0 radical (unpaired) electrons. The van der Waals surface area contributed by atoms with E-state index in [1.807, 2.05) is 54.2 Å². The van der Waals surface area contributed by atoms with E-state index in [-0.39, 0.29) is 0 Å². The third-order valence-electron chi connectivity index (χ3n) is 6.88. The van der Waals surface area contributed by atoms with Crippen LogP contribution in [0.2, 0.25) is 0 Å². The van der Waals surface area contributed by atoms with Gasteiger partial charge in [0.05, 0.1) is 40.4 Å². The van der Waals surface area contributed by atoms with Gasteiger partial charge >= 0.3 is 0 Å². The van der Waals surface area contributed by atoms with Gasteiger partial charge in [-0.15, -0.1) is 0 Å². The van der Waals surface area contributed by atoms with E-state index in [2.05, 4.69) is 32.6 Å². The van der Waals surface area contributed by atoms with Crippen LogP contribution in [0.4, 0.5) is 0 Å². The molecule has 0 spiro atoms. The van der Waals surface area contributed by atoms with Crippen LogP contribution in [-0.4, -0.2) is 34.5 Å². The number of aryl methyl sites for hydroxylation is 1. The minimum atomic E-state index is 0.652. The smallest absolute Gasteiger partial charge is 0.157 e. The van der Waals surface area contributed by atoms with Gasteiger partial charge in [0.15, 0.2) is 5.82 Å². The normalized spacial score (nSPS) is 13.2. The van der Waals surface area contributed by atoms with Crippen LogP contribution >= 0.6 is 0 Å². The second kappa shape index (κ2) is 9.00. The fourth-order valence-corrected chi connectivity index (χ4v) is 4.80. The van der Waals surface area contributed by atoms with Gasteiger partial charge in [-0.1, -0.05) is 19.1 Å². The minimum absolute atomic E-state index is 0.652. The van der Waals surface area contributed by atoms with Gasteiger partial charge in [-0.25, -0.2) is 14.6 Å². The van der Waals surface area contributed by atoms with Gasteiger partial charge in [0.25, 0.3) is 0 Å². The average Bonchev–Trinajstić information content (AvgIpc) is 3.59. The molecular formula is C28H26N8. The standard InChI is InChI=1S/C28H26N8/c1-3-23-25(35(16-20-4-5-20)34-28(23)21-8-6-19(14-29)7-9-21)12-22-13-27(32-17-31-22)36-26-15-30-11-10-24(26)18(2)33-36/h6-11,13,15,17,20H,3-5,12,16H2,1-2H3. The Hall–Kier alpha value is -4.38. The molecule has 1 aromatic carbocycles. The summed E-state index contributed by atoms with van der Waals surface area (Å²) in [6.45, 7) is 5.09. The number of nitrogens with zero attached hydrogens (tertiary/aromatic N) is 8. The zero-order chi connectivity index (χ0) is 24.6. The molecule has 1 saturated carbocycles. The molecule has 0 bridgehead atoms. The van der Waals surface area contributed by atoms with Crippen LogP contribution in [-0.2, 0) is 19.4 Å². The lowest BCUT2D eigenvalue weighted by Gasteiger charge is -2.10. The summed E-state index contributed by atoms with van der Waals surface area (Å²) in [7, 11) is 0. The Morgan fingerprint density at radius 1 is 1.08 bits per heavy atom. The molecular weight excluding hydrogens is 448 g/mol. The minimum Gasteiger partial charge on any atom is -0.268 e. The topological polar surface area (TPSA) is 98.1 Å². The Kier molecular flexibility index (Phi) is 5.53. The van der Waals surface area contributed by atoms with Crippen molar-refractivity contribution in [1.29, 1.82) is 5.26 Å². The fourth-order valence-electron chi connectivity index (χ4n) is 4.80. The molecule has 0 amide bonds. The third kappa shape index (κ3) is 4.03. The maximum atomic E-state index is 9.19.